The number of phenolic OH excluding ortho intramolecular Hbond substituents is 1. The van der Waals surface area contributed by atoms with Gasteiger partial charge in [-0.3, -0.25) is 4.79 Å². The first kappa shape index (κ1) is 21.8. The maximum Gasteiger partial charge on any atom is 0.282 e. The lowest BCUT2D eigenvalue weighted by Gasteiger charge is -2.27. The number of rotatable bonds is 2. The molecule has 2 heterocycles. The fourth-order valence-electron chi connectivity index (χ4n) is 4.22. The van der Waals surface area contributed by atoms with Gasteiger partial charge in [-0.2, -0.15) is 9.78 Å². The zero-order chi connectivity index (χ0) is 22.6. The van der Waals surface area contributed by atoms with E-state index in [9.17, 15) is 9.90 Å². The van der Waals surface area contributed by atoms with E-state index in [1.54, 1.807) is 17.6 Å². The number of thiophene rings is 1. The van der Waals surface area contributed by atoms with Gasteiger partial charge in [-0.05, 0) is 59.8 Å². The van der Waals surface area contributed by atoms with E-state index in [1.807, 2.05) is 12.1 Å². The Morgan fingerprint density at radius 3 is 2.29 bits per heavy atom. The van der Waals surface area contributed by atoms with Crippen LogP contribution in [0.3, 0.4) is 0 Å². The molecule has 0 saturated heterocycles. The van der Waals surface area contributed by atoms with E-state index >= 15 is 0 Å². The molecule has 31 heavy (non-hydrogen) atoms. The van der Waals surface area contributed by atoms with Gasteiger partial charge < -0.3 is 5.11 Å². The average molecular weight is 438 g/mol. The van der Waals surface area contributed by atoms with Crippen molar-refractivity contribution in [1.29, 1.82) is 0 Å². The van der Waals surface area contributed by atoms with E-state index in [-0.39, 0.29) is 16.4 Å². The molecule has 164 valence electrons. The Labute approximate surface area is 187 Å². The van der Waals surface area contributed by atoms with Crippen molar-refractivity contribution in [1.82, 2.24) is 9.66 Å². The molecule has 0 fully saturated rings. The van der Waals surface area contributed by atoms with Crippen LogP contribution in [0.5, 0.6) is 5.75 Å². The number of hydrogen-bond acceptors (Lipinski definition) is 5. The number of hydrogen-bond donors (Lipinski definition) is 1. The zero-order valence-electron chi connectivity index (χ0n) is 19.2. The summed E-state index contributed by atoms with van der Waals surface area (Å²) >= 11 is 1.64. The minimum atomic E-state index is -0.221. The molecule has 0 spiro atoms. The first-order valence-corrected chi connectivity index (χ1v) is 11.7. The fraction of sp³-hybridized carbons (Fsp3) is 0.480. The van der Waals surface area contributed by atoms with Crippen molar-refractivity contribution < 1.29 is 5.11 Å². The van der Waals surface area contributed by atoms with Gasteiger partial charge in [0.15, 0.2) is 0 Å². The molecule has 0 radical (unpaired) electrons. The number of aromatic hydroxyl groups is 1. The van der Waals surface area contributed by atoms with Crippen LogP contribution in [0.15, 0.2) is 28.4 Å². The Balaban J connectivity index is 1.81. The van der Waals surface area contributed by atoms with Crippen molar-refractivity contribution in [2.75, 3.05) is 0 Å². The Kier molecular flexibility index (Phi) is 5.32. The van der Waals surface area contributed by atoms with Crippen molar-refractivity contribution in [2.24, 2.45) is 5.10 Å². The molecule has 5 nitrogen and oxygen atoms in total. The Morgan fingerprint density at radius 1 is 1.06 bits per heavy atom. The van der Waals surface area contributed by atoms with Crippen LogP contribution in [0.25, 0.3) is 10.2 Å². The molecule has 0 amide bonds. The summed E-state index contributed by atoms with van der Waals surface area (Å²) in [6.07, 6.45) is 7.49. The number of nitrogens with zero attached hydrogens (tertiary/aromatic N) is 3. The Morgan fingerprint density at radius 2 is 1.68 bits per heavy atom. The minimum absolute atomic E-state index is 0.105. The molecule has 1 aliphatic rings. The van der Waals surface area contributed by atoms with E-state index in [1.165, 1.54) is 27.9 Å². The molecule has 0 aliphatic heterocycles. The SMILES string of the molecule is CC(C)(C)c1cc(/C=N\n2cnc3sc4c(c3c2=O)CCCC4)cc(C(C)(C)C)c1O. The third-order valence-electron chi connectivity index (χ3n) is 5.94. The van der Waals surface area contributed by atoms with Crippen molar-refractivity contribution in [3.05, 3.63) is 55.9 Å². The van der Waals surface area contributed by atoms with Crippen molar-refractivity contribution >= 4 is 27.8 Å². The average Bonchev–Trinajstić information content (AvgIpc) is 3.06. The number of aryl methyl sites for hydroxylation is 2. The molecule has 0 unspecified atom stereocenters. The van der Waals surface area contributed by atoms with Crippen LogP contribution in [-0.2, 0) is 23.7 Å². The zero-order valence-corrected chi connectivity index (χ0v) is 20.1. The lowest BCUT2D eigenvalue weighted by molar-refractivity contribution is 0.423. The van der Waals surface area contributed by atoms with E-state index in [0.29, 0.717) is 5.75 Å². The van der Waals surface area contributed by atoms with E-state index in [4.69, 9.17) is 0 Å². The predicted molar refractivity (Wildman–Crippen MR) is 129 cm³/mol. The van der Waals surface area contributed by atoms with Crippen molar-refractivity contribution in [2.45, 2.75) is 78.1 Å². The fourth-order valence-corrected chi connectivity index (χ4v) is 5.44. The normalized spacial score (nSPS) is 15.0. The van der Waals surface area contributed by atoms with Crippen LogP contribution in [0, 0.1) is 0 Å². The highest BCUT2D eigenvalue weighted by molar-refractivity contribution is 7.18. The smallest absolute Gasteiger partial charge is 0.282 e. The third kappa shape index (κ3) is 4.05. The van der Waals surface area contributed by atoms with Crippen LogP contribution in [0.4, 0.5) is 0 Å². The van der Waals surface area contributed by atoms with Gasteiger partial charge in [0.2, 0.25) is 0 Å². The summed E-state index contributed by atoms with van der Waals surface area (Å²) in [5.41, 5.74) is 3.21. The summed E-state index contributed by atoms with van der Waals surface area (Å²) in [5.74, 6) is 0.335. The van der Waals surface area contributed by atoms with Gasteiger partial charge in [-0.25, -0.2) is 4.98 Å². The molecule has 3 aromatic rings. The monoisotopic (exact) mass is 437 g/mol. The standard InChI is InChI=1S/C25H31N3O2S/c1-24(2,3)17-11-15(12-18(21(17)29)25(4,5)6)13-27-28-14-26-22-20(23(28)30)16-9-7-8-10-19(16)31-22/h11-14,29H,7-10H2,1-6H3/b27-13-. The van der Waals surface area contributed by atoms with Crippen LogP contribution >= 0.6 is 11.3 Å². The Hall–Kier alpha value is -2.47. The molecule has 1 N–H and O–H groups in total. The van der Waals surface area contributed by atoms with Crippen molar-refractivity contribution in [3.63, 3.8) is 0 Å². The number of fused-ring (bicyclic) bond motifs is 3. The summed E-state index contributed by atoms with van der Waals surface area (Å²) in [5, 5.41) is 16.1. The molecule has 0 bridgehead atoms. The quantitative estimate of drug-likeness (QED) is 0.537. The van der Waals surface area contributed by atoms with Crippen LogP contribution in [0.1, 0.15) is 81.5 Å². The summed E-state index contributed by atoms with van der Waals surface area (Å²) in [6.45, 7) is 12.5. The molecular weight excluding hydrogens is 406 g/mol. The maximum atomic E-state index is 13.2. The Bertz CT molecular complexity index is 1200. The highest BCUT2D eigenvalue weighted by atomic mass is 32.1. The molecule has 4 rings (SSSR count). The highest BCUT2D eigenvalue weighted by Crippen LogP contribution is 2.39. The van der Waals surface area contributed by atoms with Crippen LogP contribution in [-0.4, -0.2) is 21.0 Å². The third-order valence-corrected chi connectivity index (χ3v) is 7.14. The van der Waals surface area contributed by atoms with Gasteiger partial charge in [-0.15, -0.1) is 11.3 Å². The van der Waals surface area contributed by atoms with Gasteiger partial charge in [-0.1, -0.05) is 41.5 Å². The number of benzene rings is 1. The summed E-state index contributed by atoms with van der Waals surface area (Å²) in [4.78, 5) is 19.8. The van der Waals surface area contributed by atoms with Crippen LogP contribution < -0.4 is 5.56 Å². The largest absolute Gasteiger partial charge is 0.507 e. The summed E-state index contributed by atoms with van der Waals surface area (Å²) in [6, 6.07) is 3.91. The number of aromatic nitrogens is 2. The molecular formula is C25H31N3O2S. The lowest BCUT2D eigenvalue weighted by Crippen LogP contribution is -2.19. The van der Waals surface area contributed by atoms with E-state index < -0.39 is 0 Å². The van der Waals surface area contributed by atoms with Gasteiger partial charge in [0.25, 0.3) is 5.56 Å². The summed E-state index contributed by atoms with van der Waals surface area (Å²) in [7, 11) is 0. The van der Waals surface area contributed by atoms with E-state index in [0.717, 1.165) is 46.2 Å². The molecule has 0 saturated carbocycles. The van der Waals surface area contributed by atoms with Gasteiger partial charge in [0, 0.05) is 16.0 Å². The first-order valence-electron chi connectivity index (χ1n) is 10.9. The predicted octanol–water partition coefficient (Wildman–Crippen LogP) is 5.52. The molecule has 2 aromatic heterocycles. The maximum absolute atomic E-state index is 13.2. The topological polar surface area (TPSA) is 67.5 Å². The lowest BCUT2D eigenvalue weighted by atomic mass is 9.78. The highest BCUT2D eigenvalue weighted by Gasteiger charge is 2.26. The molecule has 1 aromatic carbocycles. The van der Waals surface area contributed by atoms with Crippen LogP contribution in [0.2, 0.25) is 0 Å². The second-order valence-electron chi connectivity index (χ2n) is 10.5. The van der Waals surface area contributed by atoms with Gasteiger partial charge in [0.1, 0.15) is 16.9 Å². The molecule has 6 heteroatoms. The molecule has 0 atom stereocenters. The minimum Gasteiger partial charge on any atom is -0.507 e. The van der Waals surface area contributed by atoms with Gasteiger partial charge in [0.05, 0.1) is 11.6 Å². The van der Waals surface area contributed by atoms with Gasteiger partial charge >= 0.3 is 0 Å². The van der Waals surface area contributed by atoms with E-state index in [2.05, 4.69) is 51.6 Å². The second kappa shape index (κ2) is 7.59. The number of phenols is 1. The summed E-state index contributed by atoms with van der Waals surface area (Å²) < 4.78 is 1.34. The first-order chi connectivity index (χ1) is 14.5. The van der Waals surface area contributed by atoms with Crippen molar-refractivity contribution in [3.8, 4) is 5.75 Å². The molecule has 1 aliphatic carbocycles. The second-order valence-corrected chi connectivity index (χ2v) is 11.6.